The highest BCUT2D eigenvalue weighted by molar-refractivity contribution is 7.96. The normalized spacial score (nSPS) is 14.4. The fraction of sp³-hybridized carbons (Fsp3) is 0.0870. The van der Waals surface area contributed by atoms with Gasteiger partial charge in [-0.3, -0.25) is 4.79 Å². The van der Waals surface area contributed by atoms with E-state index in [1.165, 1.54) is 69.0 Å². The summed E-state index contributed by atoms with van der Waals surface area (Å²) in [5.74, 6) is -0.398. The van der Waals surface area contributed by atoms with Crippen LogP contribution in [-0.4, -0.2) is 28.4 Å². The predicted molar refractivity (Wildman–Crippen MR) is 114 cm³/mol. The van der Waals surface area contributed by atoms with E-state index in [2.05, 4.69) is 0 Å². The summed E-state index contributed by atoms with van der Waals surface area (Å²) in [6, 6.07) is 16.4. The summed E-state index contributed by atoms with van der Waals surface area (Å²) >= 11 is 0. The third-order valence-corrected chi connectivity index (χ3v) is 6.72. The van der Waals surface area contributed by atoms with Gasteiger partial charge >= 0.3 is 0 Å². The van der Waals surface area contributed by atoms with E-state index in [9.17, 15) is 17.6 Å². The number of sulfone groups is 1. The summed E-state index contributed by atoms with van der Waals surface area (Å²) in [6.45, 7) is 0. The Kier molecular flexibility index (Phi) is 5.24. The highest BCUT2D eigenvalue weighted by Gasteiger charge is 2.36. The van der Waals surface area contributed by atoms with Gasteiger partial charge in [0.25, 0.3) is 0 Å². The number of anilines is 2. The fourth-order valence-corrected chi connectivity index (χ4v) is 4.92. The lowest BCUT2D eigenvalue weighted by molar-refractivity contribution is 0.104. The first-order valence-electron chi connectivity index (χ1n) is 9.24. The number of benzene rings is 3. The number of fused-ring (bicyclic) bond motifs is 1. The zero-order valence-electron chi connectivity index (χ0n) is 16.7. The first-order valence-corrected chi connectivity index (χ1v) is 10.7. The molecular formula is C23H18FNO5S. The number of hydrogen-bond acceptors (Lipinski definition) is 6. The maximum absolute atomic E-state index is 13.4. The molecule has 8 heteroatoms. The van der Waals surface area contributed by atoms with Crippen LogP contribution < -0.4 is 14.4 Å². The van der Waals surface area contributed by atoms with E-state index in [-0.39, 0.29) is 10.5 Å². The number of carbonyl (C=O) groups excluding carboxylic acids is 1. The fourth-order valence-electron chi connectivity index (χ4n) is 3.37. The van der Waals surface area contributed by atoms with Crippen molar-refractivity contribution in [3.05, 3.63) is 89.2 Å². The lowest BCUT2D eigenvalue weighted by Gasteiger charge is -2.28. The molecule has 0 unspecified atom stereocenters. The Morgan fingerprint density at radius 3 is 2.26 bits per heavy atom. The minimum Gasteiger partial charge on any atom is -0.493 e. The van der Waals surface area contributed by atoms with Gasteiger partial charge in [0, 0.05) is 17.5 Å². The van der Waals surface area contributed by atoms with Crippen molar-refractivity contribution < 1.29 is 27.1 Å². The zero-order valence-corrected chi connectivity index (χ0v) is 17.5. The van der Waals surface area contributed by atoms with Crippen LogP contribution in [0.2, 0.25) is 0 Å². The van der Waals surface area contributed by atoms with Crippen molar-refractivity contribution in [3.8, 4) is 11.5 Å². The number of halogens is 1. The van der Waals surface area contributed by atoms with E-state index < -0.39 is 26.3 Å². The summed E-state index contributed by atoms with van der Waals surface area (Å²) in [5, 5.41) is 0. The molecular weight excluding hydrogens is 421 g/mol. The monoisotopic (exact) mass is 439 g/mol. The van der Waals surface area contributed by atoms with Gasteiger partial charge < -0.3 is 14.4 Å². The zero-order chi connectivity index (χ0) is 22.2. The predicted octanol–water partition coefficient (Wildman–Crippen LogP) is 4.49. The third-order valence-electron chi connectivity index (χ3n) is 4.92. The molecule has 0 saturated carbocycles. The maximum Gasteiger partial charge on any atom is 0.214 e. The van der Waals surface area contributed by atoms with Crippen molar-refractivity contribution in [3.63, 3.8) is 0 Å². The Hall–Kier alpha value is -3.65. The van der Waals surface area contributed by atoms with Crippen LogP contribution >= 0.6 is 0 Å². The third kappa shape index (κ3) is 3.55. The van der Waals surface area contributed by atoms with Crippen molar-refractivity contribution in [2.75, 3.05) is 19.1 Å². The number of hydrogen-bond donors (Lipinski definition) is 0. The summed E-state index contributed by atoms with van der Waals surface area (Å²) < 4.78 is 50.4. The second-order valence-corrected chi connectivity index (χ2v) is 8.60. The van der Waals surface area contributed by atoms with Gasteiger partial charge in [-0.1, -0.05) is 12.1 Å². The smallest absolute Gasteiger partial charge is 0.214 e. The van der Waals surface area contributed by atoms with Crippen LogP contribution in [0.15, 0.2) is 82.7 Å². The summed E-state index contributed by atoms with van der Waals surface area (Å²) in [6.07, 6.45) is 1.27. The Labute approximate surface area is 179 Å². The number of rotatable bonds is 5. The maximum atomic E-state index is 13.4. The van der Waals surface area contributed by atoms with E-state index in [0.29, 0.717) is 22.9 Å². The second kappa shape index (κ2) is 7.88. The number of ketones is 1. The topological polar surface area (TPSA) is 72.9 Å². The van der Waals surface area contributed by atoms with Gasteiger partial charge in [0.2, 0.25) is 15.6 Å². The van der Waals surface area contributed by atoms with E-state index in [0.717, 1.165) is 0 Å². The van der Waals surface area contributed by atoms with Gasteiger partial charge in [-0.15, -0.1) is 0 Å². The molecule has 1 heterocycles. The van der Waals surface area contributed by atoms with Crippen LogP contribution in [0.4, 0.5) is 15.8 Å². The van der Waals surface area contributed by atoms with Crippen LogP contribution in [0.1, 0.15) is 10.4 Å². The highest BCUT2D eigenvalue weighted by atomic mass is 32.2. The Balaban J connectivity index is 1.88. The van der Waals surface area contributed by atoms with Crippen molar-refractivity contribution in [2.45, 2.75) is 4.90 Å². The first kappa shape index (κ1) is 20.6. The number of carbonyl (C=O) groups is 1. The molecule has 6 nitrogen and oxygen atoms in total. The van der Waals surface area contributed by atoms with Gasteiger partial charge in [-0.2, -0.15) is 0 Å². The molecule has 158 valence electrons. The average Bonchev–Trinajstić information content (AvgIpc) is 2.79. The van der Waals surface area contributed by atoms with E-state index in [4.69, 9.17) is 9.47 Å². The van der Waals surface area contributed by atoms with Crippen molar-refractivity contribution in [2.24, 2.45) is 0 Å². The van der Waals surface area contributed by atoms with Gasteiger partial charge in [-0.25, -0.2) is 12.8 Å². The first-order chi connectivity index (χ1) is 14.9. The van der Waals surface area contributed by atoms with Crippen LogP contribution in [-0.2, 0) is 9.84 Å². The molecule has 0 N–H and O–H groups in total. The molecule has 0 saturated heterocycles. The lowest BCUT2D eigenvalue weighted by atomic mass is 10.1. The molecule has 0 aliphatic carbocycles. The number of para-hydroxylation sites is 1. The number of methoxy groups -OCH3 is 2. The molecule has 0 amide bonds. The molecule has 3 aromatic carbocycles. The molecule has 0 fully saturated rings. The average molecular weight is 439 g/mol. The second-order valence-electron chi connectivity index (χ2n) is 6.71. The van der Waals surface area contributed by atoms with Gasteiger partial charge in [0.1, 0.15) is 10.7 Å². The van der Waals surface area contributed by atoms with Crippen LogP contribution in [0.3, 0.4) is 0 Å². The number of ether oxygens (including phenoxy) is 2. The molecule has 0 aromatic heterocycles. The van der Waals surface area contributed by atoms with Crippen molar-refractivity contribution in [1.82, 2.24) is 0 Å². The van der Waals surface area contributed by atoms with E-state index in [1.54, 1.807) is 23.1 Å². The number of allylic oxidation sites excluding steroid dienone is 1. The van der Waals surface area contributed by atoms with Gasteiger partial charge in [0.15, 0.2) is 11.5 Å². The molecule has 3 aromatic rings. The quantitative estimate of drug-likeness (QED) is 0.546. The molecule has 0 spiro atoms. The minimum absolute atomic E-state index is 0.00866. The number of nitrogens with zero attached hydrogens (tertiary/aromatic N) is 1. The summed E-state index contributed by atoms with van der Waals surface area (Å²) in [5.41, 5.74) is 1.02. The van der Waals surface area contributed by atoms with Crippen LogP contribution in [0.25, 0.3) is 0 Å². The van der Waals surface area contributed by atoms with E-state index in [1.807, 2.05) is 0 Å². The number of Topliss-reactive ketones (excluding diaryl/α,β-unsaturated/α-hetero) is 1. The molecule has 1 aliphatic rings. The molecule has 31 heavy (non-hydrogen) atoms. The molecule has 4 rings (SSSR count). The molecule has 0 radical (unpaired) electrons. The summed E-state index contributed by atoms with van der Waals surface area (Å²) in [4.78, 5) is 14.4. The van der Waals surface area contributed by atoms with Crippen molar-refractivity contribution >= 4 is 27.0 Å². The van der Waals surface area contributed by atoms with Crippen molar-refractivity contribution in [1.29, 1.82) is 0 Å². The molecule has 0 atom stereocenters. The SMILES string of the molecule is COc1ccc(C(=O)C2=CN(c3ccc(F)cc3)c3ccccc3S2(=O)=O)cc1OC. The Morgan fingerprint density at radius 2 is 1.58 bits per heavy atom. The largest absolute Gasteiger partial charge is 0.493 e. The lowest BCUT2D eigenvalue weighted by Crippen LogP contribution is -2.25. The van der Waals surface area contributed by atoms with E-state index >= 15 is 0 Å². The van der Waals surface area contributed by atoms with Crippen LogP contribution in [0.5, 0.6) is 11.5 Å². The van der Waals surface area contributed by atoms with Gasteiger partial charge in [-0.05, 0) is 54.6 Å². The Bertz CT molecular complexity index is 1300. The minimum atomic E-state index is -4.09. The standard InChI is InChI=1S/C23H18FNO5S/c1-29-19-12-7-15(13-20(19)30-2)23(26)22-14-25(17-10-8-16(24)9-11-17)18-5-3-4-6-21(18)31(22,27)28/h3-14H,1-2H3. The van der Waals surface area contributed by atoms with Gasteiger partial charge in [0.05, 0.1) is 24.8 Å². The highest BCUT2D eigenvalue weighted by Crippen LogP contribution is 2.40. The Morgan fingerprint density at radius 1 is 0.903 bits per heavy atom. The molecule has 0 bridgehead atoms. The summed E-state index contributed by atoms with van der Waals surface area (Å²) in [7, 11) is -1.20. The molecule has 1 aliphatic heterocycles. The van der Waals surface area contributed by atoms with Crippen LogP contribution in [0, 0.1) is 5.82 Å².